The van der Waals surface area contributed by atoms with Crippen LogP contribution in [0, 0.1) is 11.8 Å². The maximum absolute atomic E-state index is 14.9. The molecule has 46 heavy (non-hydrogen) atoms. The molecular formula is C34H39BrN6O4S. The number of alkyl halides is 1. The summed E-state index contributed by atoms with van der Waals surface area (Å²) in [5.74, 6) is -1.72. The number of amides is 3. The first-order valence-corrected chi connectivity index (χ1v) is 17.5. The molecule has 0 saturated carbocycles. The number of halogens is 1. The van der Waals surface area contributed by atoms with Crippen molar-refractivity contribution in [3.8, 4) is 0 Å². The topological polar surface area (TPSA) is 112 Å². The highest BCUT2D eigenvalue weighted by molar-refractivity contribution is 9.09. The van der Waals surface area contributed by atoms with E-state index in [1.54, 1.807) is 43.3 Å². The molecule has 6 atom stereocenters. The van der Waals surface area contributed by atoms with Gasteiger partial charge in [0.25, 0.3) is 0 Å². The first-order chi connectivity index (χ1) is 22.4. The zero-order chi connectivity index (χ0) is 32.4. The summed E-state index contributed by atoms with van der Waals surface area (Å²) in [6, 6.07) is 16.3. The van der Waals surface area contributed by atoms with Gasteiger partial charge < -0.3 is 19.8 Å². The molecule has 6 rings (SSSR count). The van der Waals surface area contributed by atoms with Crippen LogP contribution in [0.25, 0.3) is 11.0 Å². The molecule has 242 valence electrons. The standard InChI is InChI=1S/C34H39BrN6O4S/c1-3-17-38(22-41-26-16-10-9-15-25(26)36-37-41)33(45)30-34-21-24(35)29(46-34)27(28(34)32(44)40(30)19-11-6-12-20-42)31(43)39(18-4-2)23-13-7-5-8-14-23/h3-5,7-10,13-16,24,27-30,42H,1-2,6,11-12,17-22H2/t24?,27-,28+,29-,30?,34?/m1/s1. The second kappa shape index (κ2) is 13.7. The quantitative estimate of drug-likeness (QED) is 0.152. The lowest BCUT2D eigenvalue weighted by atomic mass is 9.70. The average Bonchev–Trinajstić information content (AvgIpc) is 3.79. The van der Waals surface area contributed by atoms with Crippen LogP contribution in [-0.4, -0.2) is 94.7 Å². The van der Waals surface area contributed by atoms with E-state index in [0.717, 1.165) is 23.1 Å². The molecule has 0 radical (unpaired) electrons. The number of thioether (sulfide) groups is 1. The van der Waals surface area contributed by atoms with E-state index >= 15 is 0 Å². The summed E-state index contributed by atoms with van der Waals surface area (Å²) in [4.78, 5) is 49.1. The molecule has 3 aliphatic heterocycles. The molecule has 3 amide bonds. The van der Waals surface area contributed by atoms with Crippen LogP contribution in [0.1, 0.15) is 25.7 Å². The van der Waals surface area contributed by atoms with Crippen LogP contribution < -0.4 is 4.90 Å². The number of hydrogen-bond acceptors (Lipinski definition) is 7. The molecule has 12 heteroatoms. The Balaban J connectivity index is 1.38. The van der Waals surface area contributed by atoms with Crippen molar-refractivity contribution < 1.29 is 19.5 Å². The van der Waals surface area contributed by atoms with Crippen molar-refractivity contribution >= 4 is 62.1 Å². The molecule has 2 bridgehead atoms. The number of benzene rings is 2. The molecular weight excluding hydrogens is 668 g/mol. The van der Waals surface area contributed by atoms with Crippen molar-refractivity contribution in [1.82, 2.24) is 24.8 Å². The maximum atomic E-state index is 14.9. The maximum Gasteiger partial charge on any atom is 0.248 e. The molecule has 1 N–H and O–H groups in total. The monoisotopic (exact) mass is 706 g/mol. The molecule has 3 saturated heterocycles. The minimum atomic E-state index is -0.787. The highest BCUT2D eigenvalue weighted by Gasteiger charge is 2.76. The number of unbranched alkanes of at least 4 members (excludes halogenated alkanes) is 2. The summed E-state index contributed by atoms with van der Waals surface area (Å²) in [6.07, 6.45) is 5.95. The zero-order valence-corrected chi connectivity index (χ0v) is 28.1. The summed E-state index contributed by atoms with van der Waals surface area (Å²) >= 11 is 5.51. The van der Waals surface area contributed by atoms with Crippen LogP contribution in [-0.2, 0) is 21.1 Å². The molecule has 0 aliphatic carbocycles. The molecule has 3 unspecified atom stereocenters. The molecule has 3 fully saturated rings. The van der Waals surface area contributed by atoms with Crippen molar-refractivity contribution in [2.24, 2.45) is 11.8 Å². The Labute approximate surface area is 281 Å². The zero-order valence-electron chi connectivity index (χ0n) is 25.7. The van der Waals surface area contributed by atoms with Gasteiger partial charge in [0.15, 0.2) is 0 Å². The fourth-order valence-electron chi connectivity index (χ4n) is 7.47. The van der Waals surface area contributed by atoms with E-state index in [4.69, 9.17) is 0 Å². The van der Waals surface area contributed by atoms with Crippen LogP contribution >= 0.6 is 27.7 Å². The molecule has 1 aromatic heterocycles. The first kappa shape index (κ1) is 32.5. The minimum absolute atomic E-state index is 0.0476. The molecule has 1 spiro atoms. The number of likely N-dealkylation sites (tertiary alicyclic amines) is 1. The summed E-state index contributed by atoms with van der Waals surface area (Å²) in [5, 5.41) is 17.8. The lowest BCUT2D eigenvalue weighted by molar-refractivity contribution is -0.143. The van der Waals surface area contributed by atoms with E-state index in [1.165, 1.54) is 0 Å². The van der Waals surface area contributed by atoms with E-state index in [9.17, 15) is 19.5 Å². The van der Waals surface area contributed by atoms with E-state index in [1.807, 2.05) is 54.6 Å². The van der Waals surface area contributed by atoms with Gasteiger partial charge in [-0.15, -0.1) is 30.0 Å². The number of anilines is 1. The highest BCUT2D eigenvalue weighted by Crippen LogP contribution is 2.68. The number of para-hydroxylation sites is 2. The van der Waals surface area contributed by atoms with Crippen molar-refractivity contribution in [2.45, 2.75) is 53.2 Å². The smallest absolute Gasteiger partial charge is 0.248 e. The van der Waals surface area contributed by atoms with Crippen LogP contribution in [0.15, 0.2) is 79.9 Å². The number of aliphatic hydroxyl groups excluding tert-OH is 1. The predicted molar refractivity (Wildman–Crippen MR) is 183 cm³/mol. The van der Waals surface area contributed by atoms with Crippen molar-refractivity contribution in [2.75, 3.05) is 31.1 Å². The van der Waals surface area contributed by atoms with E-state index < -0.39 is 22.6 Å². The third-order valence-electron chi connectivity index (χ3n) is 9.40. The summed E-state index contributed by atoms with van der Waals surface area (Å²) < 4.78 is 0.908. The third-order valence-corrected chi connectivity index (χ3v) is 12.6. The Morgan fingerprint density at radius 1 is 1.04 bits per heavy atom. The molecule has 10 nitrogen and oxygen atoms in total. The van der Waals surface area contributed by atoms with Gasteiger partial charge >= 0.3 is 0 Å². The number of nitrogens with zero attached hydrogens (tertiary/aromatic N) is 6. The SMILES string of the molecule is C=CCN(Cn1nnc2ccccc21)C(=O)C1N(CCCCCO)C(=O)[C@@H]2[C@@H](C(=O)N(CC=C)c3ccccc3)[C@@H]3SC12CC3Br. The van der Waals surface area contributed by atoms with E-state index in [2.05, 4.69) is 39.4 Å². The van der Waals surface area contributed by atoms with Crippen LogP contribution in [0.4, 0.5) is 5.69 Å². The first-order valence-electron chi connectivity index (χ1n) is 15.7. The number of carbonyl (C=O) groups is 3. The Bertz CT molecular complexity index is 1620. The lowest BCUT2D eigenvalue weighted by Gasteiger charge is -2.38. The van der Waals surface area contributed by atoms with Gasteiger partial charge in [-0.25, -0.2) is 4.68 Å². The molecule has 2 aromatic carbocycles. The van der Waals surface area contributed by atoms with Crippen LogP contribution in [0.3, 0.4) is 0 Å². The number of hydrogen-bond donors (Lipinski definition) is 1. The molecule has 4 heterocycles. The van der Waals surface area contributed by atoms with Gasteiger partial charge in [-0.3, -0.25) is 14.4 Å². The van der Waals surface area contributed by atoms with E-state index in [-0.39, 0.29) is 47.6 Å². The second-order valence-electron chi connectivity index (χ2n) is 12.1. The number of rotatable bonds is 14. The number of fused-ring (bicyclic) bond motifs is 2. The Morgan fingerprint density at radius 3 is 2.52 bits per heavy atom. The van der Waals surface area contributed by atoms with Crippen molar-refractivity contribution in [1.29, 1.82) is 0 Å². The number of aromatic nitrogens is 3. The van der Waals surface area contributed by atoms with Gasteiger partial charge in [0.1, 0.15) is 18.2 Å². The van der Waals surface area contributed by atoms with Crippen molar-refractivity contribution in [3.05, 3.63) is 79.9 Å². The Morgan fingerprint density at radius 2 is 1.78 bits per heavy atom. The fourth-order valence-corrected chi connectivity index (χ4v) is 11.1. The third kappa shape index (κ3) is 5.58. The Hall–Kier alpha value is -3.48. The molecule has 3 aliphatic rings. The summed E-state index contributed by atoms with van der Waals surface area (Å²) in [7, 11) is 0. The van der Waals surface area contributed by atoms with E-state index in [0.29, 0.717) is 32.4 Å². The summed E-state index contributed by atoms with van der Waals surface area (Å²) in [5.41, 5.74) is 2.27. The molecule has 3 aromatic rings. The van der Waals surface area contributed by atoms with Gasteiger partial charge in [-0.1, -0.05) is 63.6 Å². The second-order valence-corrected chi connectivity index (χ2v) is 14.8. The number of carbonyl (C=O) groups excluding carboxylic acids is 3. The summed E-state index contributed by atoms with van der Waals surface area (Å²) in [6.45, 7) is 8.95. The Kier molecular flexibility index (Phi) is 9.67. The van der Waals surface area contributed by atoms with Gasteiger partial charge in [0, 0.05) is 42.0 Å². The van der Waals surface area contributed by atoms with Gasteiger partial charge in [0.05, 0.1) is 22.1 Å². The number of aliphatic hydroxyl groups is 1. The fraction of sp³-hybridized carbons (Fsp3) is 0.441. The van der Waals surface area contributed by atoms with Crippen LogP contribution in [0.5, 0.6) is 0 Å². The van der Waals surface area contributed by atoms with Gasteiger partial charge in [0.2, 0.25) is 17.7 Å². The van der Waals surface area contributed by atoms with Crippen molar-refractivity contribution in [3.63, 3.8) is 0 Å². The largest absolute Gasteiger partial charge is 0.396 e. The predicted octanol–water partition coefficient (Wildman–Crippen LogP) is 4.25. The van der Waals surface area contributed by atoms with Crippen LogP contribution in [0.2, 0.25) is 0 Å². The highest BCUT2D eigenvalue weighted by atomic mass is 79.9. The average molecular weight is 708 g/mol. The lowest BCUT2D eigenvalue weighted by Crippen LogP contribution is -2.56. The van der Waals surface area contributed by atoms with Gasteiger partial charge in [-0.2, -0.15) is 0 Å². The van der Waals surface area contributed by atoms with Gasteiger partial charge in [-0.05, 0) is 49.9 Å². The normalized spacial score (nSPS) is 26.3. The minimum Gasteiger partial charge on any atom is -0.396 e.